The van der Waals surface area contributed by atoms with Crippen molar-refractivity contribution in [1.82, 2.24) is 4.90 Å². The number of aliphatic carboxylic acids is 1. The Bertz CT molecular complexity index is 734. The number of carbonyl (C=O) groups is 2. The Morgan fingerprint density at radius 3 is 2.68 bits per heavy atom. The zero-order chi connectivity index (χ0) is 18.6. The van der Waals surface area contributed by atoms with Gasteiger partial charge in [0.05, 0.1) is 4.91 Å². The number of nitrogens with zero attached hydrogens (tertiary/aromatic N) is 1. The third kappa shape index (κ3) is 5.75. The highest BCUT2D eigenvalue weighted by Gasteiger charge is 2.33. The minimum Gasteiger partial charge on any atom is -0.481 e. The molecule has 4 nitrogen and oxygen atoms in total. The summed E-state index contributed by atoms with van der Waals surface area (Å²) in [4.78, 5) is 24.4. The molecule has 0 aliphatic carbocycles. The van der Waals surface area contributed by atoms with Crippen LogP contribution in [0.4, 0.5) is 13.2 Å². The van der Waals surface area contributed by atoms with Gasteiger partial charge in [-0.25, -0.2) is 0 Å². The SMILES string of the molecule is O=C(O)CCCN1C(=O)C(=Cc2ccccc2SC(F)(F)F)SC1=S. The van der Waals surface area contributed by atoms with Crippen molar-refractivity contribution in [1.29, 1.82) is 0 Å². The van der Waals surface area contributed by atoms with Gasteiger partial charge in [0.25, 0.3) is 5.91 Å². The van der Waals surface area contributed by atoms with E-state index in [-0.39, 0.29) is 50.8 Å². The molecule has 1 fully saturated rings. The summed E-state index contributed by atoms with van der Waals surface area (Å²) in [5.41, 5.74) is -4.16. The van der Waals surface area contributed by atoms with Crippen LogP contribution in [-0.2, 0) is 9.59 Å². The van der Waals surface area contributed by atoms with Gasteiger partial charge in [0, 0.05) is 17.9 Å². The molecule has 10 heteroatoms. The van der Waals surface area contributed by atoms with Crippen LogP contribution in [0.5, 0.6) is 0 Å². The first-order chi connectivity index (χ1) is 11.7. The number of carbonyl (C=O) groups excluding carboxylic acids is 1. The van der Waals surface area contributed by atoms with Crippen LogP contribution < -0.4 is 0 Å². The van der Waals surface area contributed by atoms with E-state index in [9.17, 15) is 22.8 Å². The lowest BCUT2D eigenvalue weighted by Crippen LogP contribution is -2.29. The Balaban J connectivity index is 2.18. The molecule has 25 heavy (non-hydrogen) atoms. The van der Waals surface area contributed by atoms with Gasteiger partial charge < -0.3 is 5.11 Å². The van der Waals surface area contributed by atoms with Gasteiger partial charge in [0.15, 0.2) is 0 Å². The van der Waals surface area contributed by atoms with Crippen molar-refractivity contribution >= 4 is 58.0 Å². The normalized spacial score (nSPS) is 16.8. The van der Waals surface area contributed by atoms with Crippen molar-refractivity contribution in [3.63, 3.8) is 0 Å². The molecule has 0 aromatic heterocycles. The number of thiocarbonyl (C=S) groups is 1. The molecule has 2 rings (SSSR count). The quantitative estimate of drug-likeness (QED) is 0.430. The van der Waals surface area contributed by atoms with Gasteiger partial charge in [-0.1, -0.05) is 42.2 Å². The molecular formula is C15H12F3NO3S3. The van der Waals surface area contributed by atoms with Crippen molar-refractivity contribution in [3.05, 3.63) is 34.7 Å². The number of halogens is 3. The second-order valence-corrected chi connectivity index (χ2v) is 7.70. The van der Waals surface area contributed by atoms with Crippen LogP contribution in [0.3, 0.4) is 0 Å². The number of hydrogen-bond donors (Lipinski definition) is 1. The van der Waals surface area contributed by atoms with Gasteiger partial charge in [-0.2, -0.15) is 13.2 Å². The number of thioether (sulfide) groups is 2. The van der Waals surface area contributed by atoms with E-state index in [1.165, 1.54) is 29.2 Å². The zero-order valence-corrected chi connectivity index (χ0v) is 15.0. The highest BCUT2D eigenvalue weighted by molar-refractivity contribution is 8.26. The van der Waals surface area contributed by atoms with Gasteiger partial charge in [0.2, 0.25) is 0 Å². The molecule has 0 bridgehead atoms. The predicted octanol–water partition coefficient (Wildman–Crippen LogP) is 4.36. The molecule has 0 spiro atoms. The molecule has 1 aromatic rings. The van der Waals surface area contributed by atoms with Gasteiger partial charge >= 0.3 is 11.5 Å². The Morgan fingerprint density at radius 2 is 2.04 bits per heavy atom. The predicted molar refractivity (Wildman–Crippen MR) is 95.1 cm³/mol. The number of rotatable bonds is 6. The van der Waals surface area contributed by atoms with Crippen LogP contribution >= 0.6 is 35.7 Å². The molecule has 1 amide bonds. The Hall–Kier alpha value is -1.52. The standard InChI is InChI=1S/C15H12F3NO3S3/c16-15(17,18)25-10-5-2-1-4-9(10)8-11-13(22)19(14(23)24-11)7-3-6-12(20)21/h1-2,4-5,8H,3,6-7H2,(H,20,21). The van der Waals surface area contributed by atoms with E-state index in [0.29, 0.717) is 0 Å². The molecule has 0 unspecified atom stereocenters. The highest BCUT2D eigenvalue weighted by atomic mass is 32.2. The van der Waals surface area contributed by atoms with Gasteiger partial charge in [-0.15, -0.1) is 0 Å². The summed E-state index contributed by atoms with van der Waals surface area (Å²) >= 11 is 5.85. The molecule has 134 valence electrons. The second-order valence-electron chi connectivity index (χ2n) is 4.92. The van der Waals surface area contributed by atoms with E-state index in [2.05, 4.69) is 0 Å². The highest BCUT2D eigenvalue weighted by Crippen LogP contribution is 2.40. The summed E-state index contributed by atoms with van der Waals surface area (Å²) in [6.45, 7) is 0.160. The van der Waals surface area contributed by atoms with Gasteiger partial charge in [-0.3, -0.25) is 14.5 Å². The van der Waals surface area contributed by atoms with Crippen molar-refractivity contribution < 1.29 is 27.9 Å². The monoisotopic (exact) mass is 407 g/mol. The first-order valence-electron chi connectivity index (χ1n) is 6.99. The van der Waals surface area contributed by atoms with Gasteiger partial charge in [-0.05, 0) is 35.9 Å². The Morgan fingerprint density at radius 1 is 1.36 bits per heavy atom. The first kappa shape index (κ1) is 19.8. The zero-order valence-electron chi connectivity index (χ0n) is 12.6. The number of benzene rings is 1. The summed E-state index contributed by atoms with van der Waals surface area (Å²) in [5, 5.41) is 8.64. The molecule has 0 saturated carbocycles. The van der Waals surface area contributed by atoms with E-state index in [1.807, 2.05) is 0 Å². The van der Waals surface area contributed by atoms with Crippen LogP contribution in [0.2, 0.25) is 0 Å². The Kier molecular flexibility index (Phi) is 6.53. The third-order valence-electron chi connectivity index (χ3n) is 3.08. The minimum absolute atomic E-state index is 0.00820. The first-order valence-corrected chi connectivity index (χ1v) is 9.03. The fourth-order valence-corrected chi connectivity index (χ4v) is 3.98. The topological polar surface area (TPSA) is 57.6 Å². The number of alkyl halides is 3. The minimum atomic E-state index is -4.43. The molecule has 0 radical (unpaired) electrons. The lowest BCUT2D eigenvalue weighted by atomic mass is 10.2. The fraction of sp³-hybridized carbons (Fsp3) is 0.267. The molecule has 1 N–H and O–H groups in total. The van der Waals surface area contributed by atoms with E-state index < -0.39 is 17.4 Å². The van der Waals surface area contributed by atoms with E-state index in [4.69, 9.17) is 17.3 Å². The Labute approximate surface area is 155 Å². The van der Waals surface area contributed by atoms with Crippen molar-refractivity contribution in [2.75, 3.05) is 6.54 Å². The van der Waals surface area contributed by atoms with Crippen molar-refractivity contribution in [2.45, 2.75) is 23.2 Å². The molecule has 1 aliphatic heterocycles. The number of amides is 1. The number of carboxylic acids is 1. The maximum absolute atomic E-state index is 12.6. The number of hydrogen-bond acceptors (Lipinski definition) is 5. The fourth-order valence-electron chi connectivity index (χ4n) is 2.04. The summed E-state index contributed by atoms with van der Waals surface area (Å²) in [5.74, 6) is -1.40. The summed E-state index contributed by atoms with van der Waals surface area (Å²) in [6.07, 6.45) is 1.53. The third-order valence-corrected chi connectivity index (χ3v) is 5.28. The largest absolute Gasteiger partial charge is 0.481 e. The van der Waals surface area contributed by atoms with Crippen LogP contribution in [0.25, 0.3) is 6.08 Å². The maximum atomic E-state index is 12.6. The van der Waals surface area contributed by atoms with E-state index in [1.54, 1.807) is 6.07 Å². The van der Waals surface area contributed by atoms with Crippen LogP contribution in [0.15, 0.2) is 34.1 Å². The molecular weight excluding hydrogens is 395 g/mol. The summed E-state index contributed by atoms with van der Waals surface area (Å²) in [6, 6.07) is 5.89. The van der Waals surface area contributed by atoms with E-state index >= 15 is 0 Å². The molecule has 0 atom stereocenters. The van der Waals surface area contributed by atoms with E-state index in [0.717, 1.165) is 11.8 Å². The second kappa shape index (κ2) is 8.24. The summed E-state index contributed by atoms with van der Waals surface area (Å²) in [7, 11) is 0. The number of carboxylic acid groups (broad SMARTS) is 1. The lowest BCUT2D eigenvalue weighted by Gasteiger charge is -2.13. The van der Waals surface area contributed by atoms with Gasteiger partial charge in [0.1, 0.15) is 4.32 Å². The van der Waals surface area contributed by atoms with Crippen LogP contribution in [0.1, 0.15) is 18.4 Å². The van der Waals surface area contributed by atoms with Crippen molar-refractivity contribution in [3.8, 4) is 0 Å². The molecule has 1 heterocycles. The average Bonchev–Trinajstić information content (AvgIpc) is 2.75. The lowest BCUT2D eigenvalue weighted by molar-refractivity contribution is -0.137. The smallest absolute Gasteiger partial charge is 0.446 e. The van der Waals surface area contributed by atoms with Crippen LogP contribution in [-0.4, -0.2) is 38.3 Å². The summed E-state index contributed by atoms with van der Waals surface area (Å²) < 4.78 is 38.2. The van der Waals surface area contributed by atoms with Crippen molar-refractivity contribution in [2.24, 2.45) is 0 Å². The maximum Gasteiger partial charge on any atom is 0.446 e. The average molecular weight is 407 g/mol. The molecule has 1 saturated heterocycles. The molecule has 1 aromatic carbocycles. The molecule has 1 aliphatic rings. The van der Waals surface area contributed by atoms with Crippen LogP contribution in [0, 0.1) is 0 Å².